The quantitative estimate of drug-likeness (QED) is 0.625. The van der Waals surface area contributed by atoms with Gasteiger partial charge in [0, 0.05) is 13.1 Å². The van der Waals surface area contributed by atoms with Crippen LogP contribution in [0.1, 0.15) is 20.8 Å². The van der Waals surface area contributed by atoms with E-state index in [1.165, 1.54) is 0 Å². The number of likely N-dealkylation sites (N-methyl/N-ethyl adjacent to an activating group) is 2. The zero-order valence-electron chi connectivity index (χ0n) is 8.89. The van der Waals surface area contributed by atoms with E-state index in [1.54, 1.807) is 4.90 Å². The molecule has 0 heterocycles. The second kappa shape index (κ2) is 6.66. The first kappa shape index (κ1) is 12.2. The molecule has 3 nitrogen and oxygen atoms in total. The van der Waals surface area contributed by atoms with E-state index in [0.717, 1.165) is 18.7 Å². The fourth-order valence-electron chi connectivity index (χ4n) is 1.05. The van der Waals surface area contributed by atoms with Crippen LogP contribution in [0.15, 0.2) is 12.2 Å². The average molecular weight is 184 g/mol. The van der Waals surface area contributed by atoms with Crippen LogP contribution in [0.2, 0.25) is 0 Å². The first-order chi connectivity index (χ1) is 6.11. The molecule has 13 heavy (non-hydrogen) atoms. The number of hydrogen-bond acceptors (Lipinski definition) is 2. The van der Waals surface area contributed by atoms with Gasteiger partial charge in [-0.05, 0) is 20.4 Å². The van der Waals surface area contributed by atoms with Gasteiger partial charge in [-0.2, -0.15) is 0 Å². The minimum Gasteiger partial charge on any atom is -0.338 e. The Labute approximate surface area is 80.8 Å². The van der Waals surface area contributed by atoms with Crippen molar-refractivity contribution in [1.82, 2.24) is 10.2 Å². The number of hydrogen-bond donors (Lipinski definition) is 1. The van der Waals surface area contributed by atoms with Gasteiger partial charge in [0.15, 0.2) is 0 Å². The molecule has 0 unspecified atom stereocenters. The molecule has 0 aliphatic rings. The highest BCUT2D eigenvalue weighted by Crippen LogP contribution is 1.95. The van der Waals surface area contributed by atoms with Gasteiger partial charge in [-0.1, -0.05) is 19.1 Å². The number of carbonyl (C=O) groups excluding carboxylic acids is 1. The molecule has 0 aliphatic heterocycles. The van der Waals surface area contributed by atoms with Crippen molar-refractivity contribution < 1.29 is 4.79 Å². The van der Waals surface area contributed by atoms with Crippen molar-refractivity contribution in [2.75, 3.05) is 26.2 Å². The lowest BCUT2D eigenvalue weighted by atomic mass is 10.3. The molecule has 0 aliphatic carbocycles. The number of amides is 1. The normalized spacial score (nSPS) is 9.77. The minimum absolute atomic E-state index is 0.146. The van der Waals surface area contributed by atoms with Crippen molar-refractivity contribution in [3.63, 3.8) is 0 Å². The Morgan fingerprint density at radius 2 is 2.08 bits per heavy atom. The lowest BCUT2D eigenvalue weighted by molar-refractivity contribution is -0.129. The Kier molecular flexibility index (Phi) is 6.24. The van der Waals surface area contributed by atoms with Crippen LogP contribution in [-0.2, 0) is 4.79 Å². The summed E-state index contributed by atoms with van der Waals surface area (Å²) in [6.07, 6.45) is 0. The highest BCUT2D eigenvalue weighted by molar-refractivity contribution is 5.78. The average Bonchev–Trinajstić information content (AvgIpc) is 2.09. The van der Waals surface area contributed by atoms with Crippen LogP contribution in [0.3, 0.4) is 0 Å². The van der Waals surface area contributed by atoms with Gasteiger partial charge in [0.25, 0.3) is 0 Å². The summed E-state index contributed by atoms with van der Waals surface area (Å²) in [6, 6.07) is 0. The predicted molar refractivity (Wildman–Crippen MR) is 55.6 cm³/mol. The van der Waals surface area contributed by atoms with Gasteiger partial charge in [0.05, 0.1) is 6.54 Å². The molecule has 0 radical (unpaired) electrons. The summed E-state index contributed by atoms with van der Waals surface area (Å²) < 4.78 is 0. The highest BCUT2D eigenvalue weighted by Gasteiger charge is 2.09. The van der Waals surface area contributed by atoms with Crippen molar-refractivity contribution in [3.05, 3.63) is 12.2 Å². The zero-order chi connectivity index (χ0) is 10.3. The van der Waals surface area contributed by atoms with Crippen LogP contribution >= 0.6 is 0 Å². The van der Waals surface area contributed by atoms with E-state index in [1.807, 2.05) is 20.8 Å². The summed E-state index contributed by atoms with van der Waals surface area (Å²) in [5.41, 5.74) is 1.02. The van der Waals surface area contributed by atoms with Crippen LogP contribution in [-0.4, -0.2) is 37.0 Å². The first-order valence-corrected chi connectivity index (χ1v) is 4.74. The molecule has 0 saturated heterocycles. The van der Waals surface area contributed by atoms with E-state index < -0.39 is 0 Å². The van der Waals surface area contributed by atoms with Crippen molar-refractivity contribution in [3.8, 4) is 0 Å². The van der Waals surface area contributed by atoms with Crippen molar-refractivity contribution in [1.29, 1.82) is 0 Å². The molecule has 3 heteroatoms. The molecule has 0 saturated carbocycles. The Morgan fingerprint density at radius 3 is 2.46 bits per heavy atom. The smallest absolute Gasteiger partial charge is 0.236 e. The zero-order valence-corrected chi connectivity index (χ0v) is 8.89. The van der Waals surface area contributed by atoms with E-state index in [-0.39, 0.29) is 5.91 Å². The SMILES string of the molecule is C=C(C)CN(CC)C(=O)CNCC. The maximum atomic E-state index is 11.5. The van der Waals surface area contributed by atoms with E-state index in [9.17, 15) is 4.79 Å². The molecule has 0 fully saturated rings. The molecule has 0 bridgehead atoms. The van der Waals surface area contributed by atoms with E-state index in [0.29, 0.717) is 13.1 Å². The maximum Gasteiger partial charge on any atom is 0.236 e. The van der Waals surface area contributed by atoms with Crippen molar-refractivity contribution in [2.24, 2.45) is 0 Å². The van der Waals surface area contributed by atoms with Crippen LogP contribution < -0.4 is 5.32 Å². The second-order valence-electron chi connectivity index (χ2n) is 3.15. The molecule has 0 aromatic carbocycles. The van der Waals surface area contributed by atoms with Crippen LogP contribution in [0, 0.1) is 0 Å². The topological polar surface area (TPSA) is 32.3 Å². The highest BCUT2D eigenvalue weighted by atomic mass is 16.2. The van der Waals surface area contributed by atoms with Gasteiger partial charge >= 0.3 is 0 Å². The first-order valence-electron chi connectivity index (χ1n) is 4.74. The molecule has 0 spiro atoms. The lowest BCUT2D eigenvalue weighted by Crippen LogP contribution is -2.38. The predicted octanol–water partition coefficient (Wildman–Crippen LogP) is 1.02. The molecular formula is C10H20N2O. The van der Waals surface area contributed by atoms with Crippen molar-refractivity contribution >= 4 is 5.91 Å². The Morgan fingerprint density at radius 1 is 1.46 bits per heavy atom. The minimum atomic E-state index is 0.146. The number of nitrogens with zero attached hydrogens (tertiary/aromatic N) is 1. The Balaban J connectivity index is 3.92. The summed E-state index contributed by atoms with van der Waals surface area (Å²) in [5.74, 6) is 0.146. The summed E-state index contributed by atoms with van der Waals surface area (Å²) in [7, 11) is 0. The van der Waals surface area contributed by atoms with Gasteiger partial charge in [0.2, 0.25) is 5.91 Å². The molecule has 0 rings (SSSR count). The molecule has 76 valence electrons. The van der Waals surface area contributed by atoms with Gasteiger partial charge < -0.3 is 10.2 Å². The third-order valence-electron chi connectivity index (χ3n) is 1.72. The van der Waals surface area contributed by atoms with Crippen LogP contribution in [0.5, 0.6) is 0 Å². The molecule has 1 amide bonds. The van der Waals surface area contributed by atoms with E-state index in [2.05, 4.69) is 11.9 Å². The molecular weight excluding hydrogens is 164 g/mol. The summed E-state index contributed by atoms with van der Waals surface area (Å²) >= 11 is 0. The van der Waals surface area contributed by atoms with Crippen molar-refractivity contribution in [2.45, 2.75) is 20.8 Å². The summed E-state index contributed by atoms with van der Waals surface area (Å²) in [4.78, 5) is 13.3. The monoisotopic (exact) mass is 184 g/mol. The molecule has 0 aromatic rings. The number of rotatable bonds is 6. The maximum absolute atomic E-state index is 11.5. The fraction of sp³-hybridized carbons (Fsp3) is 0.700. The Hall–Kier alpha value is -0.830. The van der Waals surface area contributed by atoms with Gasteiger partial charge in [-0.3, -0.25) is 4.79 Å². The van der Waals surface area contributed by atoms with E-state index >= 15 is 0 Å². The second-order valence-corrected chi connectivity index (χ2v) is 3.15. The third kappa shape index (κ3) is 5.42. The molecule has 0 aromatic heterocycles. The largest absolute Gasteiger partial charge is 0.338 e. The fourth-order valence-corrected chi connectivity index (χ4v) is 1.05. The molecule has 0 atom stereocenters. The van der Waals surface area contributed by atoms with E-state index in [4.69, 9.17) is 0 Å². The van der Waals surface area contributed by atoms with Gasteiger partial charge in [-0.15, -0.1) is 0 Å². The summed E-state index contributed by atoms with van der Waals surface area (Å²) in [6.45, 7) is 12.4. The van der Waals surface area contributed by atoms with Gasteiger partial charge in [-0.25, -0.2) is 0 Å². The summed E-state index contributed by atoms with van der Waals surface area (Å²) in [5, 5.41) is 3.02. The molecule has 1 N–H and O–H groups in total. The number of carbonyl (C=O) groups is 1. The Bertz CT molecular complexity index is 178. The third-order valence-corrected chi connectivity index (χ3v) is 1.72. The lowest BCUT2D eigenvalue weighted by Gasteiger charge is -2.20. The van der Waals surface area contributed by atoms with Gasteiger partial charge in [0.1, 0.15) is 0 Å². The standard InChI is InChI=1S/C10H20N2O/c1-5-11-7-10(13)12(6-2)8-9(3)4/h11H,3,5-8H2,1-2,4H3. The number of nitrogens with one attached hydrogen (secondary N) is 1. The van der Waals surface area contributed by atoms with Crippen LogP contribution in [0.4, 0.5) is 0 Å². The van der Waals surface area contributed by atoms with Crippen LogP contribution in [0.25, 0.3) is 0 Å².